The SMILES string of the molecule is COc1ccc(CN(Cc2ccc(OC)cc2OC)c2cc(C(=O)O)nc(C)n2)c(OC)c1. The van der Waals surface area contributed by atoms with Gasteiger partial charge < -0.3 is 29.0 Å². The lowest BCUT2D eigenvalue weighted by atomic mass is 10.1. The van der Waals surface area contributed by atoms with E-state index in [-0.39, 0.29) is 5.69 Å². The largest absolute Gasteiger partial charge is 0.497 e. The molecule has 1 heterocycles. The minimum atomic E-state index is -1.12. The monoisotopic (exact) mass is 453 g/mol. The van der Waals surface area contributed by atoms with Crippen LogP contribution in [-0.2, 0) is 13.1 Å². The number of benzene rings is 2. The highest BCUT2D eigenvalue weighted by molar-refractivity contribution is 5.86. The molecule has 0 saturated carbocycles. The van der Waals surface area contributed by atoms with Crippen LogP contribution in [0.1, 0.15) is 27.4 Å². The van der Waals surface area contributed by atoms with E-state index < -0.39 is 5.97 Å². The molecule has 0 atom stereocenters. The second-order valence-electron chi connectivity index (χ2n) is 7.18. The lowest BCUT2D eigenvalue weighted by Gasteiger charge is -2.26. The van der Waals surface area contributed by atoms with Crippen molar-refractivity contribution >= 4 is 11.8 Å². The van der Waals surface area contributed by atoms with Crippen LogP contribution in [0.2, 0.25) is 0 Å². The van der Waals surface area contributed by atoms with E-state index in [1.165, 1.54) is 6.07 Å². The number of hydrogen-bond donors (Lipinski definition) is 1. The summed E-state index contributed by atoms with van der Waals surface area (Å²) in [7, 11) is 6.36. The molecule has 0 fully saturated rings. The Hall–Kier alpha value is -4.01. The molecule has 0 aliphatic heterocycles. The minimum absolute atomic E-state index is 0.0779. The van der Waals surface area contributed by atoms with Crippen LogP contribution in [0.3, 0.4) is 0 Å². The summed E-state index contributed by atoms with van der Waals surface area (Å²) >= 11 is 0. The molecule has 0 radical (unpaired) electrons. The van der Waals surface area contributed by atoms with Crippen LogP contribution < -0.4 is 23.8 Å². The van der Waals surface area contributed by atoms with Crippen molar-refractivity contribution < 1.29 is 28.8 Å². The zero-order chi connectivity index (χ0) is 24.0. The smallest absolute Gasteiger partial charge is 0.354 e. The highest BCUT2D eigenvalue weighted by Crippen LogP contribution is 2.31. The highest BCUT2D eigenvalue weighted by Gasteiger charge is 2.19. The number of aromatic carboxylic acids is 1. The maximum absolute atomic E-state index is 11.6. The molecule has 0 aliphatic carbocycles. The van der Waals surface area contributed by atoms with Crippen molar-refractivity contribution in [2.75, 3.05) is 33.3 Å². The predicted molar refractivity (Wildman–Crippen MR) is 123 cm³/mol. The van der Waals surface area contributed by atoms with E-state index in [2.05, 4.69) is 9.97 Å². The molecule has 1 aromatic heterocycles. The molecule has 0 aliphatic rings. The molecular formula is C24H27N3O6. The molecule has 2 aromatic carbocycles. The second kappa shape index (κ2) is 10.5. The van der Waals surface area contributed by atoms with Crippen LogP contribution in [0, 0.1) is 6.92 Å². The van der Waals surface area contributed by atoms with Gasteiger partial charge in [-0.15, -0.1) is 0 Å². The third-order valence-electron chi connectivity index (χ3n) is 5.08. The molecule has 174 valence electrons. The number of rotatable bonds is 10. The molecule has 0 amide bonds. The zero-order valence-electron chi connectivity index (χ0n) is 19.3. The molecule has 33 heavy (non-hydrogen) atoms. The van der Waals surface area contributed by atoms with E-state index in [1.54, 1.807) is 47.5 Å². The first-order valence-electron chi connectivity index (χ1n) is 10.1. The summed E-state index contributed by atoms with van der Waals surface area (Å²) in [5, 5.41) is 9.50. The van der Waals surface area contributed by atoms with Crippen LogP contribution in [0.5, 0.6) is 23.0 Å². The molecule has 0 spiro atoms. The molecule has 9 heteroatoms. The topological polar surface area (TPSA) is 103 Å². The van der Waals surface area contributed by atoms with Gasteiger partial charge in [-0.1, -0.05) is 0 Å². The van der Waals surface area contributed by atoms with Crippen LogP contribution in [-0.4, -0.2) is 49.5 Å². The maximum atomic E-state index is 11.6. The van der Waals surface area contributed by atoms with Crippen molar-refractivity contribution in [2.24, 2.45) is 0 Å². The summed E-state index contributed by atoms with van der Waals surface area (Å²) in [6.07, 6.45) is 0. The molecule has 0 bridgehead atoms. The van der Waals surface area contributed by atoms with E-state index >= 15 is 0 Å². The summed E-state index contributed by atoms with van der Waals surface area (Å²) in [5.74, 6) is 2.34. The number of aryl methyl sites for hydroxylation is 1. The standard InChI is InChI=1S/C24H27N3O6/c1-15-25-20(24(28)29)12-23(26-15)27(13-16-6-8-18(30-2)10-21(16)32-4)14-17-7-9-19(31-3)11-22(17)33-5/h6-12H,13-14H2,1-5H3,(H,28,29). The molecule has 0 saturated heterocycles. The van der Waals surface area contributed by atoms with Crippen molar-refractivity contribution in [3.05, 3.63) is 65.1 Å². The van der Waals surface area contributed by atoms with Crippen LogP contribution in [0.4, 0.5) is 5.82 Å². The Balaban J connectivity index is 2.07. The minimum Gasteiger partial charge on any atom is -0.497 e. The molecule has 9 nitrogen and oxygen atoms in total. The number of anilines is 1. The Morgan fingerprint density at radius 2 is 1.33 bits per heavy atom. The number of carbonyl (C=O) groups is 1. The van der Waals surface area contributed by atoms with Gasteiger partial charge in [0.15, 0.2) is 5.69 Å². The van der Waals surface area contributed by atoms with Gasteiger partial charge in [-0.3, -0.25) is 0 Å². The van der Waals surface area contributed by atoms with Gasteiger partial charge in [0.25, 0.3) is 0 Å². The summed E-state index contributed by atoms with van der Waals surface area (Å²) in [4.78, 5) is 22.1. The quantitative estimate of drug-likeness (QED) is 0.492. The zero-order valence-corrected chi connectivity index (χ0v) is 19.3. The first-order valence-corrected chi connectivity index (χ1v) is 10.1. The van der Waals surface area contributed by atoms with Crippen LogP contribution >= 0.6 is 0 Å². The van der Waals surface area contributed by atoms with Crippen LogP contribution in [0.15, 0.2) is 42.5 Å². The molecule has 3 rings (SSSR count). The number of nitrogens with zero attached hydrogens (tertiary/aromatic N) is 3. The molecule has 3 aromatic rings. The average molecular weight is 453 g/mol. The van der Waals surface area contributed by atoms with Gasteiger partial charge in [0.2, 0.25) is 0 Å². The van der Waals surface area contributed by atoms with Crippen molar-refractivity contribution in [2.45, 2.75) is 20.0 Å². The number of carboxylic acids is 1. The number of ether oxygens (including phenoxy) is 4. The van der Waals surface area contributed by atoms with Crippen molar-refractivity contribution in [3.63, 3.8) is 0 Å². The van der Waals surface area contributed by atoms with Gasteiger partial charge in [-0.2, -0.15) is 0 Å². The average Bonchev–Trinajstić information content (AvgIpc) is 2.83. The fourth-order valence-corrected chi connectivity index (χ4v) is 3.42. The first kappa shape index (κ1) is 23.6. The molecular weight excluding hydrogens is 426 g/mol. The molecule has 1 N–H and O–H groups in total. The fraction of sp³-hybridized carbons (Fsp3) is 0.292. The number of carboxylic acid groups (broad SMARTS) is 1. The van der Waals surface area contributed by atoms with Gasteiger partial charge in [0.05, 0.1) is 28.4 Å². The molecule has 0 unspecified atom stereocenters. The van der Waals surface area contributed by atoms with E-state index in [0.29, 0.717) is 47.7 Å². The Bertz CT molecular complexity index is 1080. The normalized spacial score (nSPS) is 10.5. The Labute approximate surface area is 192 Å². The third kappa shape index (κ3) is 5.62. The summed E-state index contributed by atoms with van der Waals surface area (Å²) in [5.41, 5.74) is 1.67. The van der Waals surface area contributed by atoms with Crippen LogP contribution in [0.25, 0.3) is 0 Å². The summed E-state index contributed by atoms with van der Waals surface area (Å²) < 4.78 is 21.7. The van der Waals surface area contributed by atoms with Crippen molar-refractivity contribution in [1.29, 1.82) is 0 Å². The maximum Gasteiger partial charge on any atom is 0.354 e. The highest BCUT2D eigenvalue weighted by atomic mass is 16.5. The lowest BCUT2D eigenvalue weighted by molar-refractivity contribution is 0.0690. The summed E-state index contributed by atoms with van der Waals surface area (Å²) in [6, 6.07) is 12.6. The van der Waals surface area contributed by atoms with Gasteiger partial charge in [-0.25, -0.2) is 14.8 Å². The first-order chi connectivity index (χ1) is 15.9. The Morgan fingerprint density at radius 3 is 1.76 bits per heavy atom. The van der Waals surface area contributed by atoms with E-state index in [0.717, 1.165) is 11.1 Å². The van der Waals surface area contributed by atoms with Crippen molar-refractivity contribution in [1.82, 2.24) is 9.97 Å². The summed E-state index contributed by atoms with van der Waals surface area (Å²) in [6.45, 7) is 2.44. The number of aromatic nitrogens is 2. The van der Waals surface area contributed by atoms with Gasteiger partial charge in [-0.05, 0) is 31.2 Å². The van der Waals surface area contributed by atoms with E-state index in [4.69, 9.17) is 18.9 Å². The van der Waals surface area contributed by atoms with E-state index in [1.807, 2.05) is 29.2 Å². The van der Waals surface area contributed by atoms with Gasteiger partial charge in [0, 0.05) is 42.4 Å². The predicted octanol–water partition coefficient (Wildman–Crippen LogP) is 3.72. The van der Waals surface area contributed by atoms with Gasteiger partial charge >= 0.3 is 5.97 Å². The number of hydrogen-bond acceptors (Lipinski definition) is 8. The lowest BCUT2D eigenvalue weighted by Crippen LogP contribution is -2.25. The van der Waals surface area contributed by atoms with E-state index in [9.17, 15) is 9.90 Å². The third-order valence-corrected chi connectivity index (χ3v) is 5.08. The Morgan fingerprint density at radius 1 is 0.818 bits per heavy atom. The fourth-order valence-electron chi connectivity index (χ4n) is 3.42. The van der Waals surface area contributed by atoms with Crippen molar-refractivity contribution in [3.8, 4) is 23.0 Å². The second-order valence-corrected chi connectivity index (χ2v) is 7.18. The van der Waals surface area contributed by atoms with Gasteiger partial charge in [0.1, 0.15) is 34.6 Å². The number of methoxy groups -OCH3 is 4. The Kier molecular flexibility index (Phi) is 7.55.